The van der Waals surface area contributed by atoms with Crippen LogP contribution in [0.2, 0.25) is 0 Å². The molecule has 1 unspecified atom stereocenters. The smallest absolute Gasteiger partial charge is 0.220 e. The molecular formula is C18H15NO3. The molecule has 0 spiro atoms. The summed E-state index contributed by atoms with van der Waals surface area (Å²) in [4.78, 5) is 28.8. The average molecular weight is 293 g/mol. The second kappa shape index (κ2) is 4.50. The van der Waals surface area contributed by atoms with Gasteiger partial charge in [0.15, 0.2) is 11.5 Å². The van der Waals surface area contributed by atoms with Gasteiger partial charge in [0, 0.05) is 23.4 Å². The number of hydrogen-bond donors (Lipinski definition) is 1. The van der Waals surface area contributed by atoms with Crippen molar-refractivity contribution in [1.82, 2.24) is 0 Å². The molecule has 4 rings (SSSR count). The van der Waals surface area contributed by atoms with Gasteiger partial charge in [-0.1, -0.05) is 13.0 Å². The molecule has 4 heteroatoms. The van der Waals surface area contributed by atoms with Gasteiger partial charge in [-0.05, 0) is 47.6 Å². The van der Waals surface area contributed by atoms with E-state index in [4.69, 9.17) is 0 Å². The van der Waals surface area contributed by atoms with Gasteiger partial charge < -0.3 is 5.11 Å². The molecule has 110 valence electrons. The second-order valence-corrected chi connectivity index (χ2v) is 6.20. The van der Waals surface area contributed by atoms with Gasteiger partial charge in [0.05, 0.1) is 5.36 Å². The van der Waals surface area contributed by atoms with Crippen LogP contribution in [-0.2, 0) is 17.6 Å². The highest BCUT2D eigenvalue weighted by Gasteiger charge is 2.30. The van der Waals surface area contributed by atoms with Crippen LogP contribution in [0, 0.1) is 5.92 Å². The second-order valence-electron chi connectivity index (χ2n) is 6.20. The summed E-state index contributed by atoms with van der Waals surface area (Å²) in [5.41, 5.74) is 3.42. The zero-order valence-electron chi connectivity index (χ0n) is 12.2. The monoisotopic (exact) mass is 293 g/mol. The number of ketones is 2. The first-order valence-corrected chi connectivity index (χ1v) is 7.46. The fourth-order valence-corrected chi connectivity index (χ4v) is 3.64. The van der Waals surface area contributed by atoms with Gasteiger partial charge >= 0.3 is 0 Å². The van der Waals surface area contributed by atoms with E-state index in [-0.39, 0.29) is 11.5 Å². The number of hydrogen-bond acceptors (Lipinski definition) is 4. The van der Waals surface area contributed by atoms with E-state index in [1.165, 1.54) is 12.2 Å². The molecule has 0 saturated carbocycles. The first kappa shape index (κ1) is 13.2. The van der Waals surface area contributed by atoms with Crippen molar-refractivity contribution in [1.29, 1.82) is 0 Å². The van der Waals surface area contributed by atoms with Crippen molar-refractivity contribution in [2.75, 3.05) is 0 Å². The van der Waals surface area contributed by atoms with Crippen LogP contribution in [0.1, 0.15) is 40.4 Å². The number of aliphatic hydroxyl groups is 1. The van der Waals surface area contributed by atoms with E-state index in [1.54, 1.807) is 6.20 Å². The minimum Gasteiger partial charge on any atom is -0.504 e. The van der Waals surface area contributed by atoms with Crippen LogP contribution in [0.25, 0.3) is 12.2 Å². The third-order valence-electron chi connectivity index (χ3n) is 4.57. The highest BCUT2D eigenvalue weighted by atomic mass is 16.3. The van der Waals surface area contributed by atoms with Crippen LogP contribution in [0.15, 0.2) is 23.0 Å². The van der Waals surface area contributed by atoms with Gasteiger partial charge in [-0.2, -0.15) is 0 Å². The number of fused-ring (bicyclic) bond motifs is 6. The highest BCUT2D eigenvalue weighted by Crippen LogP contribution is 2.30. The summed E-state index contributed by atoms with van der Waals surface area (Å²) in [6.07, 6.45) is 8.61. The van der Waals surface area contributed by atoms with E-state index in [1.807, 2.05) is 6.08 Å². The van der Waals surface area contributed by atoms with E-state index in [2.05, 4.69) is 11.9 Å². The van der Waals surface area contributed by atoms with Crippen molar-refractivity contribution in [2.24, 2.45) is 10.9 Å². The third-order valence-corrected chi connectivity index (χ3v) is 4.57. The zero-order valence-corrected chi connectivity index (χ0v) is 12.2. The van der Waals surface area contributed by atoms with Crippen molar-refractivity contribution >= 4 is 23.7 Å². The predicted octanol–water partition coefficient (Wildman–Crippen LogP) is 1.40. The van der Waals surface area contributed by atoms with Gasteiger partial charge in [-0.3, -0.25) is 14.6 Å². The van der Waals surface area contributed by atoms with E-state index < -0.39 is 5.78 Å². The first-order chi connectivity index (χ1) is 10.6. The summed E-state index contributed by atoms with van der Waals surface area (Å²) in [6, 6.07) is 0. The summed E-state index contributed by atoms with van der Waals surface area (Å²) in [5.74, 6) is -0.350. The fraction of sp³-hybridized carbons (Fsp3) is 0.278. The standard InChI is InChI=1S/C18H15NO3/c1-9-5-11-10-3-2-4-19-18(10)13-8-15(21)14(20)7-12(13)17(11)16(22)6-9/h2,4,7-9,20H,3,5-6H2,1H3. The summed E-state index contributed by atoms with van der Waals surface area (Å²) >= 11 is 0. The van der Waals surface area contributed by atoms with Crippen molar-refractivity contribution < 1.29 is 14.7 Å². The summed E-state index contributed by atoms with van der Waals surface area (Å²) in [6.45, 7) is 2.07. The number of benzene rings is 1. The minimum absolute atomic E-state index is 0.0918. The molecule has 22 heavy (non-hydrogen) atoms. The lowest BCUT2D eigenvalue weighted by atomic mass is 9.77. The van der Waals surface area contributed by atoms with Gasteiger partial charge in [0.2, 0.25) is 5.78 Å². The normalized spacial score (nSPS) is 22.0. The Morgan fingerprint density at radius 3 is 2.82 bits per heavy atom. The Kier molecular flexibility index (Phi) is 2.70. The largest absolute Gasteiger partial charge is 0.504 e. The molecular weight excluding hydrogens is 278 g/mol. The summed E-state index contributed by atoms with van der Waals surface area (Å²) in [7, 11) is 0. The first-order valence-electron chi connectivity index (χ1n) is 7.46. The van der Waals surface area contributed by atoms with Gasteiger partial charge in [-0.15, -0.1) is 0 Å². The topological polar surface area (TPSA) is 66.7 Å². The van der Waals surface area contributed by atoms with Crippen LogP contribution in [-0.4, -0.2) is 16.7 Å². The summed E-state index contributed by atoms with van der Waals surface area (Å²) in [5, 5.41) is 11.2. The van der Waals surface area contributed by atoms with Crippen LogP contribution in [0.4, 0.5) is 0 Å². The SMILES string of the molecule is CC1CC(=O)c2c(c3c(c4c2C=C(O)C(=O)C=4)=NC=CC3)C1. The maximum Gasteiger partial charge on any atom is 0.220 e. The van der Waals surface area contributed by atoms with Crippen LogP contribution < -0.4 is 10.6 Å². The van der Waals surface area contributed by atoms with Crippen LogP contribution >= 0.6 is 0 Å². The van der Waals surface area contributed by atoms with E-state index in [9.17, 15) is 14.7 Å². The molecule has 0 amide bonds. The van der Waals surface area contributed by atoms with Crippen molar-refractivity contribution in [2.45, 2.75) is 26.2 Å². The van der Waals surface area contributed by atoms with Crippen molar-refractivity contribution in [3.63, 3.8) is 0 Å². The Morgan fingerprint density at radius 1 is 1.18 bits per heavy atom. The molecule has 1 aliphatic heterocycles. The molecule has 4 nitrogen and oxygen atoms in total. The van der Waals surface area contributed by atoms with Gasteiger partial charge in [-0.25, -0.2) is 0 Å². The minimum atomic E-state index is -0.434. The Morgan fingerprint density at radius 2 is 2.00 bits per heavy atom. The lowest BCUT2D eigenvalue weighted by molar-refractivity contribution is -0.112. The number of Topliss-reactive ketones (excluding diaryl/α,β-unsaturated/α-hetero) is 2. The highest BCUT2D eigenvalue weighted by molar-refractivity contribution is 6.20. The van der Waals surface area contributed by atoms with Crippen LogP contribution in [0.5, 0.6) is 0 Å². The Hall–Kier alpha value is -2.49. The number of carbonyl (C=O) groups excluding carboxylic acids is 2. The zero-order chi connectivity index (χ0) is 15.4. The Bertz CT molecular complexity index is 919. The molecule has 3 aliphatic rings. The van der Waals surface area contributed by atoms with E-state index in [0.717, 1.165) is 29.3 Å². The number of carbonyl (C=O) groups is 2. The number of nitrogens with zero attached hydrogens (tertiary/aromatic N) is 1. The number of rotatable bonds is 0. The predicted molar refractivity (Wildman–Crippen MR) is 82.0 cm³/mol. The fourth-order valence-electron chi connectivity index (χ4n) is 3.64. The molecule has 0 aromatic heterocycles. The van der Waals surface area contributed by atoms with E-state index >= 15 is 0 Å². The van der Waals surface area contributed by atoms with Crippen molar-refractivity contribution in [3.8, 4) is 0 Å². The molecule has 0 fully saturated rings. The maximum atomic E-state index is 12.6. The molecule has 2 aliphatic carbocycles. The average Bonchev–Trinajstić information content (AvgIpc) is 2.49. The van der Waals surface area contributed by atoms with Gasteiger partial charge in [0.25, 0.3) is 0 Å². The third kappa shape index (κ3) is 1.73. The molecule has 0 bridgehead atoms. The van der Waals surface area contributed by atoms with Crippen molar-refractivity contribution in [3.05, 3.63) is 50.9 Å². The number of aliphatic hydroxyl groups excluding tert-OH is 1. The molecule has 1 heterocycles. The number of allylic oxidation sites excluding steroid dienone is 2. The molecule has 1 aromatic rings. The van der Waals surface area contributed by atoms with Crippen LogP contribution in [0.3, 0.4) is 0 Å². The molecule has 1 aromatic carbocycles. The Balaban J connectivity index is 2.20. The summed E-state index contributed by atoms with van der Waals surface area (Å²) < 4.78 is 0. The molecule has 1 N–H and O–H groups in total. The lowest BCUT2D eigenvalue weighted by Crippen LogP contribution is -2.40. The maximum absolute atomic E-state index is 12.6. The molecule has 0 radical (unpaired) electrons. The lowest BCUT2D eigenvalue weighted by Gasteiger charge is -2.26. The van der Waals surface area contributed by atoms with E-state index in [0.29, 0.717) is 28.7 Å². The molecule has 1 atom stereocenters. The Labute approximate surface area is 127 Å². The quantitative estimate of drug-likeness (QED) is 0.786. The van der Waals surface area contributed by atoms with Gasteiger partial charge in [0.1, 0.15) is 0 Å². The molecule has 0 saturated heterocycles.